The number of anilines is 1. The van der Waals surface area contributed by atoms with Crippen molar-refractivity contribution in [2.75, 3.05) is 19.1 Å². The van der Waals surface area contributed by atoms with E-state index in [-0.39, 0.29) is 17.7 Å². The van der Waals surface area contributed by atoms with E-state index in [0.29, 0.717) is 21.3 Å². The molecule has 2 fully saturated rings. The lowest BCUT2D eigenvalue weighted by molar-refractivity contribution is -0.124. The number of Topliss-reactive ketones (excluding diaryl/α,β-unsaturated/α-hetero) is 1. The standard InChI is InChI=1S/C26H27N3O3S2/c1-16(30)17-8-7-9-18(14-17)27-26-29(19-10-5-4-6-11-19)24(31)23(34-26)25-28(2)21-15-20(32-3)12-13-22(21)33-25/h7-9,12-15,19H,4-6,10-11H2,1-3H3. The minimum Gasteiger partial charge on any atom is -0.497 e. The molecule has 0 spiro atoms. The summed E-state index contributed by atoms with van der Waals surface area (Å²) in [4.78, 5) is 36.4. The number of hydrogen-bond acceptors (Lipinski definition) is 7. The van der Waals surface area contributed by atoms with Crippen LogP contribution in [0.3, 0.4) is 0 Å². The summed E-state index contributed by atoms with van der Waals surface area (Å²) in [5.41, 5.74) is 2.34. The van der Waals surface area contributed by atoms with Crippen molar-refractivity contribution in [1.82, 2.24) is 4.90 Å². The molecule has 0 atom stereocenters. The maximum absolute atomic E-state index is 13.8. The molecular weight excluding hydrogens is 466 g/mol. The Morgan fingerprint density at radius 2 is 1.88 bits per heavy atom. The van der Waals surface area contributed by atoms with Gasteiger partial charge in [-0.25, -0.2) is 4.99 Å². The van der Waals surface area contributed by atoms with Gasteiger partial charge in [0, 0.05) is 29.6 Å². The zero-order valence-electron chi connectivity index (χ0n) is 19.5. The molecule has 2 aromatic rings. The van der Waals surface area contributed by atoms with Crippen molar-refractivity contribution < 1.29 is 14.3 Å². The molecule has 2 aliphatic heterocycles. The van der Waals surface area contributed by atoms with Crippen LogP contribution in [0.2, 0.25) is 0 Å². The zero-order valence-corrected chi connectivity index (χ0v) is 21.2. The third kappa shape index (κ3) is 4.25. The lowest BCUT2D eigenvalue weighted by Crippen LogP contribution is -2.40. The Balaban J connectivity index is 1.55. The smallest absolute Gasteiger partial charge is 0.269 e. The van der Waals surface area contributed by atoms with Crippen LogP contribution in [0.1, 0.15) is 49.4 Å². The number of carbonyl (C=O) groups excluding carboxylic acids is 2. The number of amidine groups is 1. The number of carbonyl (C=O) groups is 2. The molecule has 0 bridgehead atoms. The number of rotatable bonds is 4. The number of benzene rings is 2. The molecule has 0 unspecified atom stereocenters. The third-order valence-corrected chi connectivity index (χ3v) is 8.87. The highest BCUT2D eigenvalue weighted by atomic mass is 32.2. The Labute approximate surface area is 208 Å². The maximum Gasteiger partial charge on any atom is 0.269 e. The number of fused-ring (bicyclic) bond motifs is 1. The zero-order chi connectivity index (χ0) is 23.8. The highest BCUT2D eigenvalue weighted by molar-refractivity contribution is 8.19. The van der Waals surface area contributed by atoms with Crippen molar-refractivity contribution in [1.29, 1.82) is 0 Å². The number of methoxy groups -OCH3 is 1. The van der Waals surface area contributed by atoms with Gasteiger partial charge in [0.05, 0.1) is 23.5 Å². The van der Waals surface area contributed by atoms with Gasteiger partial charge in [0.15, 0.2) is 11.0 Å². The van der Waals surface area contributed by atoms with E-state index < -0.39 is 0 Å². The summed E-state index contributed by atoms with van der Waals surface area (Å²) < 4.78 is 5.40. The van der Waals surface area contributed by atoms with Gasteiger partial charge >= 0.3 is 0 Å². The minimum absolute atomic E-state index is 0.00122. The normalized spacial score (nSPS) is 22.0. The van der Waals surface area contributed by atoms with Crippen LogP contribution in [0.15, 0.2) is 62.3 Å². The number of ether oxygens (including phenoxy) is 1. The van der Waals surface area contributed by atoms with Crippen molar-refractivity contribution >= 4 is 51.8 Å². The number of ketones is 1. The largest absolute Gasteiger partial charge is 0.497 e. The molecule has 0 radical (unpaired) electrons. The Morgan fingerprint density at radius 3 is 2.62 bits per heavy atom. The molecule has 6 nitrogen and oxygen atoms in total. The highest BCUT2D eigenvalue weighted by Crippen LogP contribution is 2.51. The third-order valence-electron chi connectivity index (χ3n) is 6.46. The van der Waals surface area contributed by atoms with E-state index in [9.17, 15) is 9.59 Å². The summed E-state index contributed by atoms with van der Waals surface area (Å²) in [5, 5.41) is 1.62. The van der Waals surface area contributed by atoms with Gasteiger partial charge in [0.2, 0.25) is 0 Å². The van der Waals surface area contributed by atoms with Crippen molar-refractivity contribution in [2.24, 2.45) is 4.99 Å². The van der Waals surface area contributed by atoms with Crippen molar-refractivity contribution in [3.8, 4) is 5.75 Å². The van der Waals surface area contributed by atoms with Gasteiger partial charge in [-0.15, -0.1) is 0 Å². The first-order valence-electron chi connectivity index (χ1n) is 11.5. The predicted octanol–water partition coefficient (Wildman–Crippen LogP) is 6.20. The first-order chi connectivity index (χ1) is 16.5. The van der Waals surface area contributed by atoms with Crippen LogP contribution in [0.4, 0.5) is 11.4 Å². The lowest BCUT2D eigenvalue weighted by atomic mass is 9.94. The number of aliphatic imine (C=N–C) groups is 1. The molecule has 3 aliphatic rings. The molecule has 1 amide bonds. The molecule has 1 aliphatic carbocycles. The van der Waals surface area contributed by atoms with E-state index in [1.54, 1.807) is 37.9 Å². The molecular formula is C26H27N3O3S2. The van der Waals surface area contributed by atoms with Crippen LogP contribution < -0.4 is 9.64 Å². The van der Waals surface area contributed by atoms with Crippen LogP contribution in [-0.4, -0.2) is 42.0 Å². The highest BCUT2D eigenvalue weighted by Gasteiger charge is 2.42. The van der Waals surface area contributed by atoms with Gasteiger partial charge in [-0.2, -0.15) is 0 Å². The fourth-order valence-electron chi connectivity index (χ4n) is 4.61. The van der Waals surface area contributed by atoms with Crippen molar-refractivity contribution in [3.63, 3.8) is 0 Å². The van der Waals surface area contributed by atoms with Gasteiger partial charge in [-0.1, -0.05) is 43.2 Å². The van der Waals surface area contributed by atoms with Crippen LogP contribution in [0.5, 0.6) is 5.75 Å². The van der Waals surface area contributed by atoms with Gasteiger partial charge in [-0.3, -0.25) is 14.5 Å². The number of thioether (sulfide) groups is 2. The van der Waals surface area contributed by atoms with E-state index in [0.717, 1.165) is 47.0 Å². The van der Waals surface area contributed by atoms with Crippen LogP contribution in [0, 0.1) is 0 Å². The van der Waals surface area contributed by atoms with E-state index in [2.05, 4.69) is 4.90 Å². The second kappa shape index (κ2) is 9.50. The van der Waals surface area contributed by atoms with E-state index in [1.165, 1.54) is 18.2 Å². The lowest BCUT2D eigenvalue weighted by Gasteiger charge is -2.30. The topological polar surface area (TPSA) is 62.2 Å². The second-order valence-electron chi connectivity index (χ2n) is 8.70. The Bertz CT molecular complexity index is 1220. The molecule has 8 heteroatoms. The monoisotopic (exact) mass is 493 g/mol. The molecule has 1 saturated carbocycles. The van der Waals surface area contributed by atoms with Gasteiger partial charge in [0.1, 0.15) is 10.7 Å². The van der Waals surface area contributed by atoms with Gasteiger partial charge < -0.3 is 9.64 Å². The molecule has 1 saturated heterocycles. The molecule has 0 aromatic heterocycles. The summed E-state index contributed by atoms with van der Waals surface area (Å²) in [6, 6.07) is 13.4. The fraction of sp³-hybridized carbons (Fsp3) is 0.346. The summed E-state index contributed by atoms with van der Waals surface area (Å²) in [7, 11) is 3.65. The Morgan fingerprint density at radius 1 is 1.09 bits per heavy atom. The Kier molecular flexibility index (Phi) is 6.44. The number of nitrogens with zero attached hydrogens (tertiary/aromatic N) is 3. The average Bonchev–Trinajstić information content (AvgIpc) is 3.35. The van der Waals surface area contributed by atoms with Crippen LogP contribution in [0.25, 0.3) is 0 Å². The molecule has 176 valence electrons. The summed E-state index contributed by atoms with van der Waals surface area (Å²) >= 11 is 3.05. The van der Waals surface area contributed by atoms with Gasteiger partial charge in [0.25, 0.3) is 5.91 Å². The van der Waals surface area contributed by atoms with Crippen molar-refractivity contribution in [2.45, 2.75) is 50.0 Å². The van der Waals surface area contributed by atoms with Crippen molar-refractivity contribution in [3.05, 3.63) is 58.0 Å². The van der Waals surface area contributed by atoms with E-state index >= 15 is 0 Å². The molecule has 34 heavy (non-hydrogen) atoms. The number of hydrogen-bond donors (Lipinski definition) is 0. The quantitative estimate of drug-likeness (QED) is 0.373. The summed E-state index contributed by atoms with van der Waals surface area (Å²) in [6.45, 7) is 1.55. The SMILES string of the molecule is COc1ccc2c(c1)N(C)C(=C1SC(=Nc3cccc(C(C)=O)c3)N(C3CCCCC3)C1=O)S2. The van der Waals surface area contributed by atoms with E-state index in [4.69, 9.17) is 9.73 Å². The van der Waals surface area contributed by atoms with Gasteiger partial charge in [-0.05, 0) is 55.8 Å². The first kappa shape index (κ1) is 23.1. The van der Waals surface area contributed by atoms with Crippen LogP contribution in [-0.2, 0) is 4.79 Å². The minimum atomic E-state index is 0.00122. The average molecular weight is 494 g/mol. The second-order valence-corrected chi connectivity index (χ2v) is 10.7. The fourth-order valence-corrected chi connectivity index (χ4v) is 7.00. The first-order valence-corrected chi connectivity index (χ1v) is 13.1. The summed E-state index contributed by atoms with van der Waals surface area (Å²) in [5.74, 6) is 0.813. The molecule has 2 heterocycles. The summed E-state index contributed by atoms with van der Waals surface area (Å²) in [6.07, 6.45) is 5.43. The maximum atomic E-state index is 13.8. The van der Waals surface area contributed by atoms with E-state index in [1.807, 2.05) is 42.3 Å². The molecule has 0 N–H and O–H groups in total. The number of amides is 1. The van der Waals surface area contributed by atoms with Crippen LogP contribution >= 0.6 is 23.5 Å². The Hall–Kier alpha value is -2.71. The molecule has 2 aromatic carbocycles. The predicted molar refractivity (Wildman–Crippen MR) is 139 cm³/mol. The molecule has 5 rings (SSSR count).